The molecule has 0 bridgehead atoms. The average Bonchev–Trinajstić information content (AvgIpc) is 2.81. The number of aryl methyl sites for hydroxylation is 1. The topological polar surface area (TPSA) is 47.3 Å². The summed E-state index contributed by atoms with van der Waals surface area (Å²) in [6.45, 7) is 2.45. The first-order chi connectivity index (χ1) is 8.70. The minimum absolute atomic E-state index is 0.392. The molecule has 0 aliphatic rings. The predicted octanol–water partition coefficient (Wildman–Crippen LogP) is 2.44. The van der Waals surface area contributed by atoms with Crippen molar-refractivity contribution in [2.24, 2.45) is 7.05 Å². The minimum Gasteiger partial charge on any atom is -0.487 e. The summed E-state index contributed by atoms with van der Waals surface area (Å²) in [6.07, 6.45) is 3.86. The number of rotatable bonds is 5. The summed E-state index contributed by atoms with van der Waals surface area (Å²) in [6, 6.07) is 7.55. The minimum atomic E-state index is -0.392. The van der Waals surface area contributed by atoms with Gasteiger partial charge in [-0.3, -0.25) is 0 Å². The van der Waals surface area contributed by atoms with Crippen molar-refractivity contribution in [3.8, 4) is 5.75 Å². The van der Waals surface area contributed by atoms with Gasteiger partial charge in [0.05, 0.1) is 24.3 Å². The van der Waals surface area contributed by atoms with Crippen molar-refractivity contribution in [1.29, 1.82) is 0 Å². The molecule has 2 aromatic rings. The zero-order chi connectivity index (χ0) is 13.0. The van der Waals surface area contributed by atoms with Crippen molar-refractivity contribution in [3.05, 3.63) is 48.0 Å². The Morgan fingerprint density at radius 3 is 2.61 bits per heavy atom. The largest absolute Gasteiger partial charge is 0.487 e. The molecule has 1 N–H and O–H groups in total. The number of imidazole rings is 1. The van der Waals surface area contributed by atoms with Gasteiger partial charge in [-0.1, -0.05) is 19.1 Å². The average molecular weight is 246 g/mol. The summed E-state index contributed by atoms with van der Waals surface area (Å²) in [5.74, 6) is 0.795. The fourth-order valence-corrected chi connectivity index (χ4v) is 1.70. The monoisotopic (exact) mass is 246 g/mol. The van der Waals surface area contributed by atoms with E-state index in [-0.39, 0.29) is 0 Å². The number of aromatic nitrogens is 2. The maximum absolute atomic E-state index is 9.68. The molecule has 4 heteroatoms. The van der Waals surface area contributed by atoms with Gasteiger partial charge in [-0.25, -0.2) is 4.98 Å². The second-order valence-corrected chi connectivity index (χ2v) is 4.28. The van der Waals surface area contributed by atoms with Gasteiger partial charge >= 0.3 is 0 Å². The van der Waals surface area contributed by atoms with Gasteiger partial charge < -0.3 is 14.4 Å². The number of nitrogens with zero attached hydrogens (tertiary/aromatic N) is 2. The Bertz CT molecular complexity index is 491. The highest BCUT2D eigenvalue weighted by atomic mass is 16.5. The summed E-state index contributed by atoms with van der Waals surface area (Å²) >= 11 is 0. The van der Waals surface area contributed by atoms with Gasteiger partial charge in [0.2, 0.25) is 0 Å². The second-order valence-electron chi connectivity index (χ2n) is 4.28. The number of benzene rings is 1. The van der Waals surface area contributed by atoms with E-state index < -0.39 is 6.10 Å². The molecule has 0 amide bonds. The fourth-order valence-electron chi connectivity index (χ4n) is 1.70. The van der Waals surface area contributed by atoms with E-state index in [1.165, 1.54) is 0 Å². The number of aliphatic hydroxyl groups is 1. The SMILES string of the molecule is CC[C@H](O)c1ccc(OCc2cncn2C)cc1. The van der Waals surface area contributed by atoms with Crippen LogP contribution in [0.4, 0.5) is 0 Å². The van der Waals surface area contributed by atoms with E-state index >= 15 is 0 Å². The predicted molar refractivity (Wildman–Crippen MR) is 69.2 cm³/mol. The lowest BCUT2D eigenvalue weighted by Crippen LogP contribution is -2.01. The standard InChI is InChI=1S/C14H18N2O2/c1-3-14(17)11-4-6-13(7-5-11)18-9-12-8-15-10-16(12)2/h4-8,10,14,17H,3,9H2,1-2H3/t14-/m0/s1. The van der Waals surface area contributed by atoms with E-state index in [4.69, 9.17) is 4.74 Å². The van der Waals surface area contributed by atoms with Crippen LogP contribution < -0.4 is 4.74 Å². The molecule has 0 saturated heterocycles. The summed E-state index contributed by atoms with van der Waals surface area (Å²) in [5, 5.41) is 9.68. The van der Waals surface area contributed by atoms with E-state index in [1.807, 2.05) is 42.8 Å². The Labute approximate surface area is 107 Å². The highest BCUT2D eigenvalue weighted by molar-refractivity contribution is 5.28. The molecular weight excluding hydrogens is 228 g/mol. The first kappa shape index (κ1) is 12.6. The van der Waals surface area contributed by atoms with Crippen LogP contribution >= 0.6 is 0 Å². The van der Waals surface area contributed by atoms with E-state index in [9.17, 15) is 5.11 Å². The lowest BCUT2D eigenvalue weighted by Gasteiger charge is -2.10. The number of hydrogen-bond acceptors (Lipinski definition) is 3. The molecule has 0 aliphatic heterocycles. The van der Waals surface area contributed by atoms with Gasteiger partial charge in [-0.05, 0) is 24.1 Å². The summed E-state index contributed by atoms with van der Waals surface area (Å²) in [5.41, 5.74) is 1.94. The van der Waals surface area contributed by atoms with Crippen LogP contribution in [-0.4, -0.2) is 14.7 Å². The molecule has 0 radical (unpaired) electrons. The maximum Gasteiger partial charge on any atom is 0.130 e. The summed E-state index contributed by atoms with van der Waals surface area (Å²) < 4.78 is 7.58. The van der Waals surface area contributed by atoms with E-state index in [0.717, 1.165) is 23.4 Å². The van der Waals surface area contributed by atoms with E-state index in [2.05, 4.69) is 4.98 Å². The molecule has 4 nitrogen and oxygen atoms in total. The van der Waals surface area contributed by atoms with Gasteiger partial charge in [0.15, 0.2) is 0 Å². The third kappa shape index (κ3) is 2.90. The van der Waals surface area contributed by atoms with Crippen LogP contribution in [-0.2, 0) is 13.7 Å². The van der Waals surface area contributed by atoms with Gasteiger partial charge in [0.25, 0.3) is 0 Å². The lowest BCUT2D eigenvalue weighted by molar-refractivity contribution is 0.173. The lowest BCUT2D eigenvalue weighted by atomic mass is 10.1. The molecular formula is C14H18N2O2. The quantitative estimate of drug-likeness (QED) is 0.881. The fraction of sp³-hybridized carbons (Fsp3) is 0.357. The zero-order valence-electron chi connectivity index (χ0n) is 10.7. The zero-order valence-corrected chi connectivity index (χ0v) is 10.7. The van der Waals surface area contributed by atoms with Crippen LogP contribution in [0.5, 0.6) is 5.75 Å². The highest BCUT2D eigenvalue weighted by Crippen LogP contribution is 2.20. The van der Waals surface area contributed by atoms with Gasteiger partial charge in [-0.2, -0.15) is 0 Å². The number of aliphatic hydroxyl groups excluding tert-OH is 1. The van der Waals surface area contributed by atoms with Crippen molar-refractivity contribution < 1.29 is 9.84 Å². The molecule has 1 aromatic heterocycles. The van der Waals surface area contributed by atoms with Crippen molar-refractivity contribution in [3.63, 3.8) is 0 Å². The summed E-state index contributed by atoms with van der Waals surface area (Å²) in [7, 11) is 1.94. The molecule has 0 fully saturated rings. The third-order valence-electron chi connectivity index (χ3n) is 2.95. The Morgan fingerprint density at radius 2 is 2.06 bits per heavy atom. The van der Waals surface area contributed by atoms with E-state index in [0.29, 0.717) is 6.61 Å². The van der Waals surface area contributed by atoms with Gasteiger partial charge in [-0.15, -0.1) is 0 Å². The molecule has 1 heterocycles. The van der Waals surface area contributed by atoms with Crippen molar-refractivity contribution in [1.82, 2.24) is 9.55 Å². The second kappa shape index (κ2) is 5.69. The molecule has 0 aliphatic carbocycles. The van der Waals surface area contributed by atoms with Crippen LogP contribution in [0.3, 0.4) is 0 Å². The van der Waals surface area contributed by atoms with Crippen molar-refractivity contribution in [2.75, 3.05) is 0 Å². The van der Waals surface area contributed by atoms with Crippen LogP contribution in [0.25, 0.3) is 0 Å². The van der Waals surface area contributed by atoms with Crippen molar-refractivity contribution in [2.45, 2.75) is 26.1 Å². The molecule has 0 saturated carbocycles. The molecule has 1 aromatic carbocycles. The third-order valence-corrected chi connectivity index (χ3v) is 2.95. The van der Waals surface area contributed by atoms with Gasteiger partial charge in [0.1, 0.15) is 12.4 Å². The van der Waals surface area contributed by atoms with Crippen LogP contribution in [0.1, 0.15) is 30.7 Å². The first-order valence-electron chi connectivity index (χ1n) is 6.06. The number of ether oxygens (including phenoxy) is 1. The Balaban J connectivity index is 1.96. The molecule has 96 valence electrons. The highest BCUT2D eigenvalue weighted by Gasteiger charge is 2.05. The van der Waals surface area contributed by atoms with Crippen LogP contribution in [0.2, 0.25) is 0 Å². The molecule has 1 atom stereocenters. The first-order valence-corrected chi connectivity index (χ1v) is 6.06. The summed E-state index contributed by atoms with van der Waals surface area (Å²) in [4.78, 5) is 4.03. The van der Waals surface area contributed by atoms with Crippen LogP contribution in [0.15, 0.2) is 36.8 Å². The molecule has 0 unspecified atom stereocenters. The van der Waals surface area contributed by atoms with Gasteiger partial charge in [0, 0.05) is 7.05 Å². The molecule has 0 spiro atoms. The van der Waals surface area contributed by atoms with Crippen LogP contribution in [0, 0.1) is 0 Å². The number of hydrogen-bond donors (Lipinski definition) is 1. The molecule has 18 heavy (non-hydrogen) atoms. The van der Waals surface area contributed by atoms with Crippen molar-refractivity contribution >= 4 is 0 Å². The smallest absolute Gasteiger partial charge is 0.130 e. The molecule has 2 rings (SSSR count). The normalized spacial score (nSPS) is 12.4. The Kier molecular flexibility index (Phi) is 3.99. The Morgan fingerprint density at radius 1 is 1.33 bits per heavy atom. The van der Waals surface area contributed by atoms with E-state index in [1.54, 1.807) is 12.5 Å². The Hall–Kier alpha value is -1.81. The maximum atomic E-state index is 9.68.